The van der Waals surface area contributed by atoms with E-state index in [1.54, 1.807) is 7.05 Å². The van der Waals surface area contributed by atoms with Crippen LogP contribution < -0.4 is 5.32 Å². The molecule has 1 saturated heterocycles. The zero-order chi connectivity index (χ0) is 13.0. The fourth-order valence-corrected chi connectivity index (χ4v) is 2.38. The normalized spacial score (nSPS) is 21.8. The van der Waals surface area contributed by atoms with E-state index in [4.69, 9.17) is 0 Å². The summed E-state index contributed by atoms with van der Waals surface area (Å²) < 4.78 is 0. The van der Waals surface area contributed by atoms with E-state index in [1.165, 1.54) is 5.56 Å². The lowest BCUT2D eigenvalue weighted by atomic mass is 10.1. The number of hydrogen-bond donors (Lipinski definition) is 1. The fourth-order valence-electron chi connectivity index (χ4n) is 2.38. The Kier molecular flexibility index (Phi) is 4.33. The van der Waals surface area contributed by atoms with E-state index in [1.807, 2.05) is 18.2 Å². The van der Waals surface area contributed by atoms with Crippen LogP contribution in [-0.4, -0.2) is 55.5 Å². The van der Waals surface area contributed by atoms with Crippen molar-refractivity contribution in [2.75, 3.05) is 33.7 Å². The second-order valence-corrected chi connectivity index (χ2v) is 4.85. The molecule has 2 rings (SSSR count). The zero-order valence-corrected chi connectivity index (χ0v) is 11.1. The molecule has 1 heterocycles. The van der Waals surface area contributed by atoms with E-state index < -0.39 is 0 Å². The molecule has 0 aromatic heterocycles. The number of amides is 1. The van der Waals surface area contributed by atoms with Crippen LogP contribution in [0.25, 0.3) is 0 Å². The molecule has 1 fully saturated rings. The van der Waals surface area contributed by atoms with Gasteiger partial charge in [0.15, 0.2) is 0 Å². The summed E-state index contributed by atoms with van der Waals surface area (Å²) in [4.78, 5) is 16.4. The maximum atomic E-state index is 11.9. The molecule has 0 spiro atoms. The monoisotopic (exact) mass is 247 g/mol. The molecule has 18 heavy (non-hydrogen) atoms. The minimum absolute atomic E-state index is 0.0473. The third-order valence-electron chi connectivity index (χ3n) is 3.47. The topological polar surface area (TPSA) is 35.6 Å². The quantitative estimate of drug-likeness (QED) is 0.847. The molecule has 1 aromatic rings. The van der Waals surface area contributed by atoms with Crippen LogP contribution in [-0.2, 0) is 11.3 Å². The summed E-state index contributed by atoms with van der Waals surface area (Å²) in [5.41, 5.74) is 1.26. The van der Waals surface area contributed by atoms with Gasteiger partial charge in [-0.05, 0) is 12.6 Å². The molecule has 1 atom stereocenters. The summed E-state index contributed by atoms with van der Waals surface area (Å²) in [5, 5.41) is 2.76. The van der Waals surface area contributed by atoms with Gasteiger partial charge in [-0.15, -0.1) is 0 Å². The zero-order valence-electron chi connectivity index (χ0n) is 11.1. The second kappa shape index (κ2) is 5.98. The molecule has 1 aliphatic rings. The summed E-state index contributed by atoms with van der Waals surface area (Å²) in [5.74, 6) is 0.109. The Labute approximate surface area is 109 Å². The molecule has 98 valence electrons. The summed E-state index contributed by atoms with van der Waals surface area (Å²) >= 11 is 0. The first-order valence-corrected chi connectivity index (χ1v) is 6.39. The van der Waals surface area contributed by atoms with Crippen molar-refractivity contribution in [3.63, 3.8) is 0 Å². The van der Waals surface area contributed by atoms with Crippen molar-refractivity contribution in [3.8, 4) is 0 Å². The lowest BCUT2D eigenvalue weighted by Crippen LogP contribution is -2.57. The van der Waals surface area contributed by atoms with Crippen LogP contribution in [0, 0.1) is 0 Å². The van der Waals surface area contributed by atoms with E-state index in [2.05, 4.69) is 34.3 Å². The van der Waals surface area contributed by atoms with Crippen LogP contribution in [0.4, 0.5) is 0 Å². The number of nitrogens with one attached hydrogen (secondary N) is 1. The van der Waals surface area contributed by atoms with Gasteiger partial charge in [-0.1, -0.05) is 30.3 Å². The molecule has 1 unspecified atom stereocenters. The molecular weight excluding hydrogens is 226 g/mol. The molecule has 0 bridgehead atoms. The van der Waals surface area contributed by atoms with Crippen molar-refractivity contribution < 1.29 is 4.79 Å². The Morgan fingerprint density at radius 3 is 2.72 bits per heavy atom. The minimum Gasteiger partial charge on any atom is -0.358 e. The van der Waals surface area contributed by atoms with Crippen LogP contribution in [0.2, 0.25) is 0 Å². The molecule has 0 radical (unpaired) electrons. The van der Waals surface area contributed by atoms with Gasteiger partial charge in [0, 0.05) is 33.2 Å². The van der Waals surface area contributed by atoms with Gasteiger partial charge < -0.3 is 10.2 Å². The van der Waals surface area contributed by atoms with Gasteiger partial charge in [0.2, 0.25) is 5.91 Å². The van der Waals surface area contributed by atoms with Gasteiger partial charge in [-0.2, -0.15) is 0 Å². The van der Waals surface area contributed by atoms with Gasteiger partial charge in [0.25, 0.3) is 0 Å². The van der Waals surface area contributed by atoms with E-state index >= 15 is 0 Å². The molecule has 1 aliphatic heterocycles. The average Bonchev–Trinajstić information content (AvgIpc) is 2.41. The SMILES string of the molecule is CNC(=O)C1CN(C)CCN1Cc1ccccc1. The number of benzene rings is 1. The average molecular weight is 247 g/mol. The molecule has 1 N–H and O–H groups in total. The maximum absolute atomic E-state index is 11.9. The number of carbonyl (C=O) groups excluding carboxylic acids is 1. The van der Waals surface area contributed by atoms with Gasteiger partial charge in [-0.25, -0.2) is 0 Å². The number of piperazine rings is 1. The predicted molar refractivity (Wildman–Crippen MR) is 72.2 cm³/mol. The van der Waals surface area contributed by atoms with Gasteiger partial charge in [-0.3, -0.25) is 9.69 Å². The molecule has 0 aliphatic carbocycles. The number of carbonyl (C=O) groups is 1. The summed E-state index contributed by atoms with van der Waals surface area (Å²) in [6.07, 6.45) is 0. The standard InChI is InChI=1S/C14H21N3O/c1-15-14(18)13-11-16(2)8-9-17(13)10-12-6-4-3-5-7-12/h3-7,13H,8-11H2,1-2H3,(H,15,18). The smallest absolute Gasteiger partial charge is 0.238 e. The predicted octanol–water partition coefficient (Wildman–Crippen LogP) is 0.549. The third-order valence-corrected chi connectivity index (χ3v) is 3.47. The molecule has 4 nitrogen and oxygen atoms in total. The first-order valence-electron chi connectivity index (χ1n) is 6.39. The van der Waals surface area contributed by atoms with Crippen LogP contribution in [0.15, 0.2) is 30.3 Å². The van der Waals surface area contributed by atoms with Crippen molar-refractivity contribution in [2.45, 2.75) is 12.6 Å². The minimum atomic E-state index is -0.0473. The highest BCUT2D eigenvalue weighted by atomic mass is 16.2. The van der Waals surface area contributed by atoms with E-state index in [0.717, 1.165) is 26.2 Å². The Balaban J connectivity index is 2.07. The molecule has 0 saturated carbocycles. The summed E-state index contributed by atoms with van der Waals surface area (Å²) in [6.45, 7) is 3.59. The Bertz CT molecular complexity index is 393. The van der Waals surface area contributed by atoms with Crippen molar-refractivity contribution in [1.82, 2.24) is 15.1 Å². The van der Waals surface area contributed by atoms with Crippen LogP contribution >= 0.6 is 0 Å². The first kappa shape index (κ1) is 13.1. The summed E-state index contributed by atoms with van der Waals surface area (Å²) in [7, 11) is 3.77. The Morgan fingerprint density at radius 1 is 1.33 bits per heavy atom. The van der Waals surface area contributed by atoms with Crippen LogP contribution in [0.3, 0.4) is 0 Å². The lowest BCUT2D eigenvalue weighted by molar-refractivity contribution is -0.128. The number of nitrogens with zero attached hydrogens (tertiary/aromatic N) is 2. The van der Waals surface area contributed by atoms with Gasteiger partial charge >= 0.3 is 0 Å². The van der Waals surface area contributed by atoms with Crippen molar-refractivity contribution in [3.05, 3.63) is 35.9 Å². The summed E-state index contributed by atoms with van der Waals surface area (Å²) in [6, 6.07) is 10.3. The highest BCUT2D eigenvalue weighted by Gasteiger charge is 2.30. The number of likely N-dealkylation sites (N-methyl/N-ethyl adjacent to an activating group) is 2. The lowest BCUT2D eigenvalue weighted by Gasteiger charge is -2.38. The van der Waals surface area contributed by atoms with E-state index in [0.29, 0.717) is 0 Å². The van der Waals surface area contributed by atoms with Gasteiger partial charge in [0.05, 0.1) is 0 Å². The van der Waals surface area contributed by atoms with Crippen LogP contribution in [0.1, 0.15) is 5.56 Å². The highest BCUT2D eigenvalue weighted by molar-refractivity contribution is 5.81. The van der Waals surface area contributed by atoms with Crippen molar-refractivity contribution in [1.29, 1.82) is 0 Å². The van der Waals surface area contributed by atoms with Crippen molar-refractivity contribution >= 4 is 5.91 Å². The van der Waals surface area contributed by atoms with E-state index in [-0.39, 0.29) is 11.9 Å². The maximum Gasteiger partial charge on any atom is 0.238 e. The molecule has 4 heteroatoms. The number of rotatable bonds is 3. The number of hydrogen-bond acceptors (Lipinski definition) is 3. The van der Waals surface area contributed by atoms with E-state index in [9.17, 15) is 4.79 Å². The third kappa shape index (κ3) is 3.09. The Hall–Kier alpha value is -1.39. The molecule has 1 amide bonds. The Morgan fingerprint density at radius 2 is 2.06 bits per heavy atom. The highest BCUT2D eigenvalue weighted by Crippen LogP contribution is 2.13. The molecule has 1 aromatic carbocycles. The molecular formula is C14H21N3O. The van der Waals surface area contributed by atoms with Crippen LogP contribution in [0.5, 0.6) is 0 Å². The largest absolute Gasteiger partial charge is 0.358 e. The van der Waals surface area contributed by atoms with Gasteiger partial charge in [0.1, 0.15) is 6.04 Å². The second-order valence-electron chi connectivity index (χ2n) is 4.85. The fraction of sp³-hybridized carbons (Fsp3) is 0.500. The van der Waals surface area contributed by atoms with Crippen molar-refractivity contribution in [2.24, 2.45) is 0 Å². The first-order chi connectivity index (χ1) is 8.70.